The van der Waals surface area contributed by atoms with E-state index in [0.717, 1.165) is 52.1 Å². The predicted molar refractivity (Wildman–Crippen MR) is 134 cm³/mol. The van der Waals surface area contributed by atoms with Crippen molar-refractivity contribution in [1.82, 2.24) is 9.97 Å². The summed E-state index contributed by atoms with van der Waals surface area (Å²) in [6.45, 7) is 0. The first-order valence-corrected chi connectivity index (χ1v) is 11.8. The molecule has 1 saturated carbocycles. The normalized spacial score (nSPS) is 25.6. The molecule has 0 saturated heterocycles. The lowest BCUT2D eigenvalue weighted by molar-refractivity contribution is -0.750. The summed E-state index contributed by atoms with van der Waals surface area (Å²) in [5, 5.41) is 9.38. The number of quaternary nitrogens is 1. The number of aromatic nitrogens is 2. The Kier molecular flexibility index (Phi) is 5.12. The van der Waals surface area contributed by atoms with Crippen LogP contribution in [0, 0.1) is 11.8 Å². The summed E-state index contributed by atoms with van der Waals surface area (Å²) in [6, 6.07) is 15.9. The molecule has 8 nitrogen and oxygen atoms in total. The summed E-state index contributed by atoms with van der Waals surface area (Å²) in [5.74, 6) is 6.78. The summed E-state index contributed by atoms with van der Waals surface area (Å²) >= 11 is 0. The van der Waals surface area contributed by atoms with E-state index in [1.54, 1.807) is 18.6 Å². The minimum absolute atomic E-state index is 0.0605. The molecule has 1 aromatic heterocycles. The molecule has 0 spiro atoms. The van der Waals surface area contributed by atoms with Crippen LogP contribution in [-0.4, -0.2) is 37.7 Å². The highest BCUT2D eigenvalue weighted by atomic mass is 16.4. The average Bonchev–Trinajstić information content (AvgIpc) is 3.21. The van der Waals surface area contributed by atoms with Crippen LogP contribution in [-0.2, 0) is 4.79 Å². The van der Waals surface area contributed by atoms with Crippen LogP contribution >= 0.6 is 0 Å². The molecule has 1 unspecified atom stereocenters. The third-order valence-corrected chi connectivity index (χ3v) is 7.16. The monoisotopic (exact) mass is 465 g/mol. The molecule has 3 aromatic rings. The molecular formula is C27H25N6O2+. The average molecular weight is 466 g/mol. The maximum Gasteiger partial charge on any atom is 0.306 e. The van der Waals surface area contributed by atoms with Crippen LogP contribution in [0.1, 0.15) is 31.2 Å². The summed E-state index contributed by atoms with van der Waals surface area (Å²) in [6.07, 6.45) is 9.93. The second kappa shape index (κ2) is 8.33. The van der Waals surface area contributed by atoms with E-state index in [0.29, 0.717) is 18.7 Å². The van der Waals surface area contributed by atoms with Crippen molar-refractivity contribution in [3.63, 3.8) is 0 Å². The van der Waals surface area contributed by atoms with Crippen LogP contribution in [0.25, 0.3) is 22.3 Å². The number of amidine groups is 1. The number of nitrogens with zero attached hydrogens (tertiary/aromatic N) is 5. The Balaban J connectivity index is 1.39. The predicted octanol–water partition coefficient (Wildman–Crippen LogP) is 4.41. The number of hydrogen-bond acceptors (Lipinski definition) is 6. The first-order valence-electron chi connectivity index (χ1n) is 11.8. The van der Waals surface area contributed by atoms with Crippen molar-refractivity contribution in [2.24, 2.45) is 27.7 Å². The van der Waals surface area contributed by atoms with Gasteiger partial charge in [0, 0.05) is 11.5 Å². The molecule has 0 amide bonds. The quantitative estimate of drug-likeness (QED) is 0.438. The topological polar surface area (TPSA) is 114 Å². The van der Waals surface area contributed by atoms with E-state index in [-0.39, 0.29) is 16.4 Å². The molecule has 0 radical (unpaired) electrons. The fourth-order valence-electron chi connectivity index (χ4n) is 5.22. The number of allylic oxidation sites excluding steroid dienone is 2. The van der Waals surface area contributed by atoms with Crippen molar-refractivity contribution >= 4 is 29.1 Å². The van der Waals surface area contributed by atoms with Crippen molar-refractivity contribution < 1.29 is 14.5 Å². The molecule has 174 valence electrons. The van der Waals surface area contributed by atoms with E-state index >= 15 is 0 Å². The van der Waals surface area contributed by atoms with E-state index in [1.165, 1.54) is 0 Å². The number of aliphatic carboxylic acids is 1. The van der Waals surface area contributed by atoms with E-state index < -0.39 is 5.97 Å². The van der Waals surface area contributed by atoms with Crippen molar-refractivity contribution in [1.29, 1.82) is 0 Å². The number of hydrogen-bond donors (Lipinski definition) is 2. The van der Waals surface area contributed by atoms with Gasteiger partial charge in [0.25, 0.3) is 5.84 Å². The molecule has 2 aromatic carbocycles. The molecule has 0 bridgehead atoms. The number of nitrogens with two attached hydrogens (primary N) is 1. The first kappa shape index (κ1) is 21.5. The SMILES string of the molecule is N[N+]12C=CN=CC1=C(C1CCC(C(=O)O)CC1)N=C2c1ccc2ncc(-c3ccccc3)nc2c1. The molecule has 6 rings (SSSR count). The number of carboxylic acid groups (broad SMARTS) is 1. The number of aliphatic imine (C=N–C) groups is 2. The number of carbonyl (C=O) groups is 1. The van der Waals surface area contributed by atoms with Gasteiger partial charge in [-0.05, 0) is 43.9 Å². The Morgan fingerprint density at radius 2 is 1.80 bits per heavy atom. The van der Waals surface area contributed by atoms with E-state index in [2.05, 4.69) is 9.98 Å². The molecule has 3 heterocycles. The second-order valence-electron chi connectivity index (χ2n) is 9.27. The molecule has 2 aliphatic heterocycles. The third kappa shape index (κ3) is 3.67. The molecule has 3 N–H and O–H groups in total. The molecule has 35 heavy (non-hydrogen) atoms. The molecule has 3 aliphatic rings. The minimum Gasteiger partial charge on any atom is -0.481 e. The highest BCUT2D eigenvalue weighted by molar-refractivity contribution is 6.02. The minimum atomic E-state index is -0.713. The highest BCUT2D eigenvalue weighted by Crippen LogP contribution is 2.41. The molecule has 1 atom stereocenters. The van der Waals surface area contributed by atoms with Gasteiger partial charge < -0.3 is 5.11 Å². The lowest BCUT2D eigenvalue weighted by Crippen LogP contribution is -2.53. The van der Waals surface area contributed by atoms with Crippen LogP contribution in [0.4, 0.5) is 0 Å². The second-order valence-corrected chi connectivity index (χ2v) is 9.27. The molecule has 1 fully saturated rings. The van der Waals surface area contributed by atoms with Crippen LogP contribution in [0.5, 0.6) is 0 Å². The zero-order chi connectivity index (χ0) is 24.0. The zero-order valence-electron chi connectivity index (χ0n) is 19.1. The fraction of sp³-hybridized carbons (Fsp3) is 0.222. The van der Waals surface area contributed by atoms with Gasteiger partial charge in [-0.1, -0.05) is 30.3 Å². The van der Waals surface area contributed by atoms with Crippen LogP contribution in [0.15, 0.2) is 88.5 Å². The Bertz CT molecular complexity index is 1450. The smallest absolute Gasteiger partial charge is 0.306 e. The maximum absolute atomic E-state index is 11.4. The van der Waals surface area contributed by atoms with Crippen molar-refractivity contribution in [3.8, 4) is 11.3 Å². The van der Waals surface area contributed by atoms with Gasteiger partial charge in [0.2, 0.25) is 5.70 Å². The fourth-order valence-corrected chi connectivity index (χ4v) is 5.22. The van der Waals surface area contributed by atoms with Crippen molar-refractivity contribution in [3.05, 3.63) is 84.1 Å². The van der Waals surface area contributed by atoms with Gasteiger partial charge in [-0.2, -0.15) is 10.8 Å². The van der Waals surface area contributed by atoms with Crippen LogP contribution in [0.3, 0.4) is 0 Å². The molecular weight excluding hydrogens is 440 g/mol. The summed E-state index contributed by atoms with van der Waals surface area (Å²) in [5.41, 5.74) is 5.99. The van der Waals surface area contributed by atoms with Gasteiger partial charge in [-0.25, -0.2) is 4.98 Å². The molecule has 1 aliphatic carbocycles. The zero-order valence-corrected chi connectivity index (χ0v) is 19.1. The van der Waals surface area contributed by atoms with Gasteiger partial charge in [0.1, 0.15) is 11.9 Å². The lowest BCUT2D eigenvalue weighted by Gasteiger charge is -2.28. The van der Waals surface area contributed by atoms with Gasteiger partial charge in [-0.3, -0.25) is 14.8 Å². The molecule has 8 heteroatoms. The summed E-state index contributed by atoms with van der Waals surface area (Å²) < 4.78 is -0.0605. The number of benzene rings is 2. The van der Waals surface area contributed by atoms with Gasteiger partial charge in [-0.15, -0.1) is 4.59 Å². The lowest BCUT2D eigenvalue weighted by atomic mass is 9.80. The maximum atomic E-state index is 11.4. The van der Waals surface area contributed by atoms with Gasteiger partial charge in [0.05, 0.1) is 46.8 Å². The Morgan fingerprint density at radius 3 is 2.57 bits per heavy atom. The Hall–Kier alpha value is -4.01. The van der Waals surface area contributed by atoms with E-state index in [4.69, 9.17) is 15.8 Å². The van der Waals surface area contributed by atoms with Gasteiger partial charge in [0.15, 0.2) is 0 Å². The van der Waals surface area contributed by atoms with Gasteiger partial charge >= 0.3 is 5.97 Å². The van der Waals surface area contributed by atoms with Crippen LogP contribution < -0.4 is 5.84 Å². The first-order chi connectivity index (χ1) is 17.0. The number of rotatable bonds is 4. The number of fused-ring (bicyclic) bond motifs is 2. The summed E-state index contributed by atoms with van der Waals surface area (Å²) in [7, 11) is 0. The summed E-state index contributed by atoms with van der Waals surface area (Å²) in [4.78, 5) is 30.3. The van der Waals surface area contributed by atoms with Crippen molar-refractivity contribution in [2.45, 2.75) is 25.7 Å². The van der Waals surface area contributed by atoms with Crippen molar-refractivity contribution in [2.75, 3.05) is 0 Å². The van der Waals surface area contributed by atoms with E-state index in [1.807, 2.05) is 54.7 Å². The van der Waals surface area contributed by atoms with Crippen LogP contribution in [0.2, 0.25) is 0 Å². The Labute approximate surface area is 202 Å². The highest BCUT2D eigenvalue weighted by Gasteiger charge is 2.46. The number of carboxylic acids is 1. The Morgan fingerprint density at radius 1 is 1.00 bits per heavy atom. The third-order valence-electron chi connectivity index (χ3n) is 7.16. The standard InChI is InChI=1S/C27H24N6O2/c28-33-13-12-29-16-24(33)25(18-6-8-19(9-7-18)27(34)35)32-26(33)20-10-11-21-22(14-20)31-23(15-30-21)17-4-2-1-3-5-17/h1-5,10-16,18-19H,6-9,28H2/p+1. The largest absolute Gasteiger partial charge is 0.481 e. The van der Waals surface area contributed by atoms with E-state index in [9.17, 15) is 9.90 Å².